The van der Waals surface area contributed by atoms with Crippen molar-refractivity contribution >= 4 is 40.1 Å². The van der Waals surface area contributed by atoms with Crippen molar-refractivity contribution in [2.75, 3.05) is 0 Å². The van der Waals surface area contributed by atoms with Gasteiger partial charge in [0.15, 0.2) is 0 Å². The molecular formula is C17H26BrNO2SSi. The summed E-state index contributed by atoms with van der Waals surface area (Å²) in [4.78, 5) is 0. The first-order valence-electron chi connectivity index (χ1n) is 8.18. The van der Waals surface area contributed by atoms with Crippen molar-refractivity contribution in [2.24, 2.45) is 0 Å². The summed E-state index contributed by atoms with van der Waals surface area (Å²) in [5.41, 5.74) is 0.930. The zero-order valence-electron chi connectivity index (χ0n) is 14.1. The predicted octanol–water partition coefficient (Wildman–Crippen LogP) is 4.92. The Balaban J connectivity index is 2.31. The number of nitrogens with one attached hydrogen (secondary N) is 1. The van der Waals surface area contributed by atoms with Crippen molar-refractivity contribution in [1.82, 2.24) is 4.72 Å². The first-order valence-corrected chi connectivity index (χ1v) is 14.0. The van der Waals surface area contributed by atoms with E-state index in [4.69, 9.17) is 0 Å². The van der Waals surface area contributed by atoms with E-state index in [1.165, 1.54) is 6.42 Å². The molecule has 0 radical (unpaired) electrons. The highest BCUT2D eigenvalue weighted by Crippen LogP contribution is 2.26. The van der Waals surface area contributed by atoms with Crippen LogP contribution in [-0.4, -0.2) is 22.5 Å². The van der Waals surface area contributed by atoms with Gasteiger partial charge in [0.05, 0.1) is 8.07 Å². The van der Waals surface area contributed by atoms with E-state index < -0.39 is 18.1 Å². The fourth-order valence-electron chi connectivity index (χ4n) is 2.91. The molecule has 0 aromatic heterocycles. The molecular weight excluding hydrogens is 390 g/mol. The molecule has 0 bridgehead atoms. The van der Waals surface area contributed by atoms with Gasteiger partial charge in [0.25, 0.3) is 0 Å². The van der Waals surface area contributed by atoms with Crippen LogP contribution in [0.2, 0.25) is 19.6 Å². The van der Waals surface area contributed by atoms with Gasteiger partial charge in [-0.3, -0.25) is 0 Å². The van der Waals surface area contributed by atoms with Crippen molar-refractivity contribution in [1.29, 1.82) is 0 Å². The van der Waals surface area contributed by atoms with E-state index in [1.54, 1.807) is 0 Å². The molecule has 1 aromatic carbocycles. The Bertz CT molecular complexity index is 657. The Morgan fingerprint density at radius 2 is 1.70 bits per heavy atom. The molecule has 23 heavy (non-hydrogen) atoms. The number of rotatable bonds is 5. The molecule has 0 atom stereocenters. The lowest BCUT2D eigenvalue weighted by Crippen LogP contribution is -2.42. The van der Waals surface area contributed by atoms with Crippen molar-refractivity contribution in [3.05, 3.63) is 38.8 Å². The summed E-state index contributed by atoms with van der Waals surface area (Å²) in [6.45, 7) is 6.24. The minimum absolute atomic E-state index is 0.0958. The molecule has 0 amide bonds. The lowest BCUT2D eigenvalue weighted by molar-refractivity contribution is 0.413. The molecule has 2 rings (SSSR count). The molecule has 3 nitrogen and oxygen atoms in total. The largest absolute Gasteiger partial charge is 0.233 e. The van der Waals surface area contributed by atoms with Crippen LogP contribution in [0.1, 0.15) is 37.7 Å². The van der Waals surface area contributed by atoms with E-state index in [2.05, 4.69) is 40.3 Å². The molecule has 1 aliphatic rings. The van der Waals surface area contributed by atoms with Gasteiger partial charge in [0, 0.05) is 15.0 Å². The van der Waals surface area contributed by atoms with Gasteiger partial charge < -0.3 is 0 Å². The highest BCUT2D eigenvalue weighted by molar-refractivity contribution is 9.10. The maximum atomic E-state index is 13.0. The Kier molecular flexibility index (Phi) is 6.27. The number of halogens is 1. The highest BCUT2D eigenvalue weighted by atomic mass is 79.9. The van der Waals surface area contributed by atoms with E-state index in [1.807, 2.05) is 30.3 Å². The van der Waals surface area contributed by atoms with Crippen LogP contribution in [-0.2, 0) is 10.0 Å². The van der Waals surface area contributed by atoms with Crippen LogP contribution in [0.3, 0.4) is 0 Å². The molecule has 1 saturated carbocycles. The molecule has 1 N–H and O–H groups in total. The minimum Gasteiger partial charge on any atom is -0.209 e. The molecule has 1 fully saturated rings. The fourth-order valence-corrected chi connectivity index (χ4v) is 8.27. The molecule has 1 aromatic rings. The van der Waals surface area contributed by atoms with Gasteiger partial charge in [-0.2, -0.15) is 0 Å². The normalized spacial score (nSPS) is 18.2. The topological polar surface area (TPSA) is 46.2 Å². The van der Waals surface area contributed by atoms with E-state index in [0.29, 0.717) is 4.53 Å². The van der Waals surface area contributed by atoms with Crippen LogP contribution < -0.4 is 4.72 Å². The van der Waals surface area contributed by atoms with Crippen LogP contribution in [0.5, 0.6) is 0 Å². The standard InChI is InChI=1S/C17H26BrNO2SSi/c1-23(2,3)17(13-14-9-11-15(18)12-10-14)22(20,21)19-16-7-5-4-6-8-16/h9-13,16,19H,4-8H2,1-3H3/b17-13-. The van der Waals surface area contributed by atoms with Crippen molar-refractivity contribution in [3.63, 3.8) is 0 Å². The van der Waals surface area contributed by atoms with Gasteiger partial charge in [0.1, 0.15) is 0 Å². The quantitative estimate of drug-likeness (QED) is 0.693. The second kappa shape index (κ2) is 7.63. The number of hydrogen-bond acceptors (Lipinski definition) is 2. The summed E-state index contributed by atoms with van der Waals surface area (Å²) < 4.78 is 30.5. The Hall–Kier alpha value is -0.433. The first kappa shape index (κ1) is 18.9. The average molecular weight is 416 g/mol. The second-order valence-corrected chi connectivity index (χ2v) is 15.3. The minimum atomic E-state index is -3.43. The van der Waals surface area contributed by atoms with Gasteiger partial charge in [-0.1, -0.05) is 67.0 Å². The SMILES string of the molecule is C[Si](C)(C)/C(=C\c1ccc(Br)cc1)S(=O)(=O)NC1CCCCC1. The summed E-state index contributed by atoms with van der Waals surface area (Å²) >= 11 is 3.41. The van der Waals surface area contributed by atoms with Gasteiger partial charge in [-0.25, -0.2) is 13.1 Å². The third kappa shape index (κ3) is 5.55. The first-order chi connectivity index (χ1) is 10.7. The molecule has 0 unspecified atom stereocenters. The van der Waals surface area contributed by atoms with Crippen molar-refractivity contribution in [2.45, 2.75) is 57.8 Å². The van der Waals surface area contributed by atoms with E-state index >= 15 is 0 Å². The van der Waals surface area contributed by atoms with Crippen LogP contribution in [0.15, 0.2) is 33.3 Å². The molecule has 0 spiro atoms. The average Bonchev–Trinajstić information content (AvgIpc) is 2.45. The van der Waals surface area contributed by atoms with Crippen molar-refractivity contribution in [3.8, 4) is 0 Å². The summed E-state index contributed by atoms with van der Waals surface area (Å²) in [5.74, 6) is 0. The van der Waals surface area contributed by atoms with Gasteiger partial charge in [-0.15, -0.1) is 0 Å². The van der Waals surface area contributed by atoms with E-state index in [-0.39, 0.29) is 6.04 Å². The zero-order valence-corrected chi connectivity index (χ0v) is 17.5. The maximum Gasteiger partial charge on any atom is 0.233 e. The summed E-state index contributed by atoms with van der Waals surface area (Å²) in [7, 11) is -5.43. The number of hydrogen-bond donors (Lipinski definition) is 1. The van der Waals surface area contributed by atoms with Crippen LogP contribution >= 0.6 is 15.9 Å². The number of benzene rings is 1. The predicted molar refractivity (Wildman–Crippen MR) is 104 cm³/mol. The monoisotopic (exact) mass is 415 g/mol. The number of sulfonamides is 1. The van der Waals surface area contributed by atoms with E-state index in [9.17, 15) is 8.42 Å². The van der Waals surface area contributed by atoms with Crippen molar-refractivity contribution < 1.29 is 8.42 Å². The molecule has 0 saturated heterocycles. The molecule has 0 aliphatic heterocycles. The van der Waals surface area contributed by atoms with E-state index in [0.717, 1.165) is 35.7 Å². The molecule has 1 aliphatic carbocycles. The summed E-state index contributed by atoms with van der Waals surface area (Å²) in [5, 5.41) is 0. The van der Waals surface area contributed by atoms with Crippen LogP contribution in [0.4, 0.5) is 0 Å². The maximum absolute atomic E-state index is 13.0. The molecule has 0 heterocycles. The molecule has 6 heteroatoms. The van der Waals surface area contributed by atoms with Crippen LogP contribution in [0, 0.1) is 0 Å². The van der Waals surface area contributed by atoms with Gasteiger partial charge >= 0.3 is 0 Å². The zero-order chi connectivity index (χ0) is 17.1. The second-order valence-electron chi connectivity index (χ2n) is 7.27. The molecule has 128 valence electrons. The Morgan fingerprint density at radius 1 is 1.13 bits per heavy atom. The lowest BCUT2D eigenvalue weighted by atomic mass is 9.96. The fraction of sp³-hybridized carbons (Fsp3) is 0.529. The van der Waals surface area contributed by atoms with Gasteiger partial charge in [0.2, 0.25) is 10.0 Å². The van der Waals surface area contributed by atoms with Gasteiger partial charge in [-0.05, 0) is 36.6 Å². The Morgan fingerprint density at radius 3 is 2.22 bits per heavy atom. The summed E-state index contributed by atoms with van der Waals surface area (Å²) in [6.07, 6.45) is 7.21. The Labute approximate surface area is 149 Å². The summed E-state index contributed by atoms with van der Waals surface area (Å²) in [6, 6.07) is 7.86. The third-order valence-electron chi connectivity index (χ3n) is 4.12. The smallest absolute Gasteiger partial charge is 0.209 e. The highest BCUT2D eigenvalue weighted by Gasteiger charge is 2.32. The third-order valence-corrected chi connectivity index (χ3v) is 10.3. The lowest BCUT2D eigenvalue weighted by Gasteiger charge is -2.27. The van der Waals surface area contributed by atoms with Crippen LogP contribution in [0.25, 0.3) is 6.08 Å².